The Hall–Kier alpha value is -1.97. The molecule has 1 aliphatic carbocycles. The highest BCUT2D eigenvalue weighted by molar-refractivity contribution is 6.25. The number of ether oxygens (including phenoxy) is 1. The van der Waals surface area contributed by atoms with Crippen LogP contribution in [0.15, 0.2) is 23.6 Å². The molecule has 0 aliphatic heterocycles. The molecule has 1 aliphatic rings. The van der Waals surface area contributed by atoms with Crippen molar-refractivity contribution in [3.63, 3.8) is 0 Å². The SMILES string of the molecule is CC1=C(OC(C)C)C(=O)c2nccc(C)c2C1=O. The standard InChI is InChI=1S/C14H15NO3/c1-7(2)18-14-9(4)12(16)10-8(3)5-6-15-11(10)13(14)17/h5-7H,1-4H3. The van der Waals surface area contributed by atoms with Gasteiger partial charge in [0.15, 0.2) is 11.5 Å². The van der Waals surface area contributed by atoms with Gasteiger partial charge in [0.05, 0.1) is 11.7 Å². The lowest BCUT2D eigenvalue weighted by Crippen LogP contribution is -2.26. The number of nitrogens with zero attached hydrogens (tertiary/aromatic N) is 1. The molecule has 2 rings (SSSR count). The van der Waals surface area contributed by atoms with E-state index in [9.17, 15) is 9.59 Å². The molecular formula is C14H15NO3. The van der Waals surface area contributed by atoms with Crippen LogP contribution in [0, 0.1) is 6.92 Å². The lowest BCUT2D eigenvalue weighted by molar-refractivity contribution is 0.0792. The predicted octanol–water partition coefficient (Wildman–Crippen LogP) is 2.47. The molecule has 1 aromatic heterocycles. The summed E-state index contributed by atoms with van der Waals surface area (Å²) in [4.78, 5) is 28.5. The summed E-state index contributed by atoms with van der Waals surface area (Å²) in [5, 5.41) is 0. The minimum atomic E-state index is -0.306. The van der Waals surface area contributed by atoms with Gasteiger partial charge in [0.2, 0.25) is 5.78 Å². The van der Waals surface area contributed by atoms with E-state index in [0.29, 0.717) is 11.1 Å². The maximum Gasteiger partial charge on any atom is 0.247 e. The summed E-state index contributed by atoms with van der Waals surface area (Å²) >= 11 is 0. The van der Waals surface area contributed by atoms with E-state index in [1.807, 2.05) is 13.8 Å². The van der Waals surface area contributed by atoms with Gasteiger partial charge in [-0.2, -0.15) is 0 Å². The highest BCUT2D eigenvalue weighted by Gasteiger charge is 2.33. The second kappa shape index (κ2) is 4.37. The van der Waals surface area contributed by atoms with E-state index in [2.05, 4.69) is 4.98 Å². The summed E-state index contributed by atoms with van der Waals surface area (Å²) in [5.74, 6) is -0.356. The number of aryl methyl sites for hydroxylation is 1. The number of rotatable bonds is 2. The van der Waals surface area contributed by atoms with Crippen LogP contribution >= 0.6 is 0 Å². The first-order chi connectivity index (χ1) is 8.43. The first kappa shape index (κ1) is 12.5. The zero-order valence-electron chi connectivity index (χ0n) is 10.9. The van der Waals surface area contributed by atoms with Gasteiger partial charge in [0, 0.05) is 11.8 Å². The van der Waals surface area contributed by atoms with Gasteiger partial charge >= 0.3 is 0 Å². The lowest BCUT2D eigenvalue weighted by Gasteiger charge is -2.21. The minimum absolute atomic E-state index is 0.126. The number of hydrogen-bond donors (Lipinski definition) is 0. The van der Waals surface area contributed by atoms with Crippen molar-refractivity contribution in [3.8, 4) is 0 Å². The molecule has 0 saturated carbocycles. The van der Waals surface area contributed by atoms with Gasteiger partial charge in [-0.1, -0.05) is 0 Å². The van der Waals surface area contributed by atoms with Gasteiger partial charge in [0.1, 0.15) is 5.69 Å². The molecule has 4 nitrogen and oxygen atoms in total. The highest BCUT2D eigenvalue weighted by atomic mass is 16.5. The van der Waals surface area contributed by atoms with Crippen LogP contribution in [-0.4, -0.2) is 22.7 Å². The number of carbonyl (C=O) groups is 2. The summed E-state index contributed by atoms with van der Waals surface area (Å²) in [6.07, 6.45) is 1.38. The molecule has 0 bridgehead atoms. The summed E-state index contributed by atoms with van der Waals surface area (Å²) in [7, 11) is 0. The quantitative estimate of drug-likeness (QED) is 0.803. The number of allylic oxidation sites excluding steroid dienone is 2. The molecule has 0 N–H and O–H groups in total. The number of hydrogen-bond acceptors (Lipinski definition) is 4. The smallest absolute Gasteiger partial charge is 0.247 e. The second-order valence-corrected chi connectivity index (χ2v) is 4.63. The minimum Gasteiger partial charge on any atom is -0.486 e. The van der Waals surface area contributed by atoms with E-state index in [1.165, 1.54) is 6.20 Å². The zero-order valence-corrected chi connectivity index (χ0v) is 10.9. The molecule has 1 heterocycles. The third kappa shape index (κ3) is 1.83. The average Bonchev–Trinajstić information content (AvgIpc) is 2.31. The monoisotopic (exact) mass is 245 g/mol. The van der Waals surface area contributed by atoms with Crippen molar-refractivity contribution in [2.45, 2.75) is 33.8 Å². The normalized spacial score (nSPS) is 15.2. The van der Waals surface area contributed by atoms with E-state index in [-0.39, 0.29) is 29.1 Å². The number of carbonyl (C=O) groups excluding carboxylic acids is 2. The molecule has 0 aromatic carbocycles. The number of fused-ring (bicyclic) bond motifs is 1. The maximum absolute atomic E-state index is 12.3. The van der Waals surface area contributed by atoms with E-state index in [4.69, 9.17) is 4.74 Å². The van der Waals surface area contributed by atoms with Crippen molar-refractivity contribution in [1.29, 1.82) is 0 Å². The molecule has 0 radical (unpaired) electrons. The van der Waals surface area contributed by atoms with Gasteiger partial charge < -0.3 is 4.74 Å². The summed E-state index contributed by atoms with van der Waals surface area (Å²) in [6, 6.07) is 1.73. The first-order valence-electron chi connectivity index (χ1n) is 5.86. The van der Waals surface area contributed by atoms with E-state index in [1.54, 1.807) is 19.9 Å². The average molecular weight is 245 g/mol. The third-order valence-electron chi connectivity index (χ3n) is 2.84. The molecule has 0 atom stereocenters. The van der Waals surface area contributed by atoms with Gasteiger partial charge in [-0.05, 0) is 39.3 Å². The summed E-state index contributed by atoms with van der Waals surface area (Å²) in [6.45, 7) is 7.05. The fraction of sp³-hybridized carbons (Fsp3) is 0.357. The van der Waals surface area contributed by atoms with Crippen molar-refractivity contribution < 1.29 is 14.3 Å². The van der Waals surface area contributed by atoms with Crippen LogP contribution < -0.4 is 0 Å². The number of Topliss-reactive ketones (excluding diaryl/α,β-unsaturated/α-hetero) is 2. The van der Waals surface area contributed by atoms with Crippen LogP contribution in [0.1, 0.15) is 47.2 Å². The van der Waals surface area contributed by atoms with Crippen LogP contribution in [0.4, 0.5) is 0 Å². The Morgan fingerprint density at radius 1 is 1.17 bits per heavy atom. The predicted molar refractivity (Wildman–Crippen MR) is 66.6 cm³/mol. The Bertz CT molecular complexity index is 570. The molecule has 18 heavy (non-hydrogen) atoms. The van der Waals surface area contributed by atoms with Gasteiger partial charge in [-0.3, -0.25) is 14.6 Å². The van der Waals surface area contributed by atoms with Crippen molar-refractivity contribution in [2.24, 2.45) is 0 Å². The van der Waals surface area contributed by atoms with Crippen molar-refractivity contribution in [2.75, 3.05) is 0 Å². The molecule has 0 amide bonds. The van der Waals surface area contributed by atoms with E-state index in [0.717, 1.165) is 5.56 Å². The Kier molecular flexibility index (Phi) is 3.03. The summed E-state index contributed by atoms with van der Waals surface area (Å²) < 4.78 is 5.45. The van der Waals surface area contributed by atoms with Crippen LogP contribution in [0.5, 0.6) is 0 Å². The molecule has 0 saturated heterocycles. The Morgan fingerprint density at radius 3 is 2.44 bits per heavy atom. The topological polar surface area (TPSA) is 56.3 Å². The Labute approximate surface area is 106 Å². The number of aromatic nitrogens is 1. The third-order valence-corrected chi connectivity index (χ3v) is 2.84. The Balaban J connectivity index is 2.60. The van der Waals surface area contributed by atoms with Gasteiger partial charge in [0.25, 0.3) is 0 Å². The molecule has 94 valence electrons. The molecule has 0 spiro atoms. The van der Waals surface area contributed by atoms with Crippen molar-refractivity contribution >= 4 is 11.6 Å². The fourth-order valence-corrected chi connectivity index (χ4v) is 1.96. The van der Waals surface area contributed by atoms with E-state index < -0.39 is 0 Å². The molecule has 0 unspecified atom stereocenters. The van der Waals surface area contributed by atoms with Crippen LogP contribution in [0.3, 0.4) is 0 Å². The fourth-order valence-electron chi connectivity index (χ4n) is 1.96. The Morgan fingerprint density at radius 2 is 1.83 bits per heavy atom. The molecule has 0 fully saturated rings. The maximum atomic E-state index is 12.3. The first-order valence-corrected chi connectivity index (χ1v) is 5.86. The molecular weight excluding hydrogens is 230 g/mol. The largest absolute Gasteiger partial charge is 0.486 e. The molecule has 4 heteroatoms. The van der Waals surface area contributed by atoms with Gasteiger partial charge in [-0.25, -0.2) is 0 Å². The van der Waals surface area contributed by atoms with E-state index >= 15 is 0 Å². The van der Waals surface area contributed by atoms with Crippen LogP contribution in [0.2, 0.25) is 0 Å². The van der Waals surface area contributed by atoms with Crippen molar-refractivity contribution in [3.05, 3.63) is 40.4 Å². The summed E-state index contributed by atoms with van der Waals surface area (Å²) in [5.41, 5.74) is 1.72. The highest BCUT2D eigenvalue weighted by Crippen LogP contribution is 2.28. The number of ketones is 2. The number of pyridine rings is 1. The lowest BCUT2D eigenvalue weighted by atomic mass is 9.89. The second-order valence-electron chi connectivity index (χ2n) is 4.63. The van der Waals surface area contributed by atoms with Gasteiger partial charge in [-0.15, -0.1) is 0 Å². The van der Waals surface area contributed by atoms with Crippen molar-refractivity contribution in [1.82, 2.24) is 4.98 Å². The molecule has 1 aromatic rings. The zero-order chi connectivity index (χ0) is 13.4. The van der Waals surface area contributed by atoms with Crippen LogP contribution in [0.25, 0.3) is 0 Å². The van der Waals surface area contributed by atoms with Crippen LogP contribution in [-0.2, 0) is 4.74 Å².